The Morgan fingerprint density at radius 2 is 1.23 bits per heavy atom. The molecule has 0 aliphatic carbocycles. The van der Waals surface area contributed by atoms with Crippen molar-refractivity contribution in [1.29, 1.82) is 0 Å². The lowest BCUT2D eigenvalue weighted by Gasteiger charge is -2.26. The normalized spacial score (nSPS) is 12.5. The van der Waals surface area contributed by atoms with Gasteiger partial charge in [0.1, 0.15) is 24.2 Å². The third-order valence-corrected chi connectivity index (χ3v) is 5.36. The molecule has 0 saturated carbocycles. The molecule has 2 atom stereocenters. The molecule has 0 heterocycles. The first kappa shape index (κ1) is 30.5. The van der Waals surface area contributed by atoms with Crippen molar-refractivity contribution >= 4 is 11.6 Å². The Kier molecular flexibility index (Phi) is 14.6. The van der Waals surface area contributed by atoms with Gasteiger partial charge in [-0.15, -0.1) is 11.6 Å². The summed E-state index contributed by atoms with van der Waals surface area (Å²) in [6, 6.07) is 16.4. The average Bonchev–Trinajstić information content (AvgIpc) is 2.70. The molecule has 0 bridgehead atoms. The first-order valence-electron chi connectivity index (χ1n) is 9.57. The van der Waals surface area contributed by atoms with E-state index in [9.17, 15) is 5.11 Å². The number of ether oxygens (including phenoxy) is 2. The van der Waals surface area contributed by atoms with Crippen LogP contribution >= 0.6 is 11.6 Å². The van der Waals surface area contributed by atoms with Gasteiger partial charge in [0.25, 0.3) is 0 Å². The topological polar surface area (TPSA) is 38.7 Å². The fraction of sp³-hybridized carbons (Fsp3) is 0.538. The molecule has 0 saturated heterocycles. The summed E-state index contributed by atoms with van der Waals surface area (Å²) in [6.45, 7) is 9.73. The summed E-state index contributed by atoms with van der Waals surface area (Å²) in [5.74, 6) is 2.37. The molecule has 0 unspecified atom stereocenters. The van der Waals surface area contributed by atoms with Crippen LogP contribution < -0.4 is 9.47 Å². The van der Waals surface area contributed by atoms with Gasteiger partial charge in [0.05, 0.1) is 12.5 Å². The molecule has 2 aromatic rings. The van der Waals surface area contributed by atoms with E-state index in [2.05, 4.69) is 52.0 Å². The fourth-order valence-electron chi connectivity index (χ4n) is 2.70. The molecule has 2 aromatic carbocycles. The Bertz CT molecular complexity index is 621. The number of hydrogen-bond donors (Lipinski definition) is 1. The molecule has 2 rings (SSSR count). The van der Waals surface area contributed by atoms with Crippen LogP contribution in [0.4, 0.5) is 0 Å². The minimum absolute atomic E-state index is 0. The van der Waals surface area contributed by atoms with E-state index in [1.54, 1.807) is 0 Å². The van der Waals surface area contributed by atoms with Crippen LogP contribution in [0.5, 0.6) is 11.5 Å². The standard InChI is InChI=1S/C23H31ClO3.3CH4/c1-5-17(2)15-26-21-10-6-18(7-11-21)23(3,4)19-8-12-22(13-9-19)27-16-20(25)14-24;;;/h6-13,17,20,25H,5,14-16H2,1-4H3;3*1H4/t17-,20-;;;/m1.../s1. The number of halogens is 1. The minimum atomic E-state index is -0.649. The van der Waals surface area contributed by atoms with Gasteiger partial charge in [0.15, 0.2) is 0 Å². The van der Waals surface area contributed by atoms with E-state index in [1.807, 2.05) is 24.3 Å². The van der Waals surface area contributed by atoms with Crippen molar-refractivity contribution in [1.82, 2.24) is 0 Å². The van der Waals surface area contributed by atoms with E-state index < -0.39 is 6.10 Å². The number of hydrogen-bond acceptors (Lipinski definition) is 3. The molecule has 0 fully saturated rings. The Labute approximate surface area is 190 Å². The minimum Gasteiger partial charge on any atom is -0.493 e. The van der Waals surface area contributed by atoms with Gasteiger partial charge in [-0.25, -0.2) is 0 Å². The number of aliphatic hydroxyl groups excluding tert-OH is 1. The number of benzene rings is 2. The summed E-state index contributed by atoms with van der Waals surface area (Å²) < 4.78 is 11.4. The van der Waals surface area contributed by atoms with Crippen molar-refractivity contribution in [2.75, 3.05) is 19.1 Å². The summed E-state index contributed by atoms with van der Waals surface area (Å²) in [7, 11) is 0. The zero-order chi connectivity index (χ0) is 19.9. The van der Waals surface area contributed by atoms with Crippen LogP contribution in [-0.2, 0) is 5.41 Å². The van der Waals surface area contributed by atoms with Crippen molar-refractivity contribution in [3.8, 4) is 11.5 Å². The molecule has 0 aliphatic rings. The first-order valence-corrected chi connectivity index (χ1v) is 10.1. The van der Waals surface area contributed by atoms with E-state index in [0.29, 0.717) is 5.92 Å². The molecule has 30 heavy (non-hydrogen) atoms. The molecular weight excluding hydrogens is 396 g/mol. The van der Waals surface area contributed by atoms with Gasteiger partial charge in [-0.2, -0.15) is 0 Å². The zero-order valence-electron chi connectivity index (χ0n) is 16.7. The summed E-state index contributed by atoms with van der Waals surface area (Å²) in [6.07, 6.45) is 0.471. The van der Waals surface area contributed by atoms with Crippen LogP contribution in [-0.4, -0.2) is 30.3 Å². The third kappa shape index (κ3) is 8.57. The summed E-state index contributed by atoms with van der Waals surface area (Å²) >= 11 is 5.59. The summed E-state index contributed by atoms with van der Waals surface area (Å²) in [5, 5.41) is 9.49. The molecule has 0 spiro atoms. The van der Waals surface area contributed by atoms with Crippen molar-refractivity contribution in [3.05, 3.63) is 59.7 Å². The van der Waals surface area contributed by atoms with Gasteiger partial charge >= 0.3 is 0 Å². The van der Waals surface area contributed by atoms with Crippen molar-refractivity contribution in [3.63, 3.8) is 0 Å². The van der Waals surface area contributed by atoms with E-state index in [4.69, 9.17) is 21.1 Å². The molecule has 1 N–H and O–H groups in total. The van der Waals surface area contributed by atoms with Crippen LogP contribution in [0, 0.1) is 5.92 Å². The van der Waals surface area contributed by atoms with Gasteiger partial charge in [0, 0.05) is 5.41 Å². The van der Waals surface area contributed by atoms with E-state index in [0.717, 1.165) is 24.5 Å². The highest BCUT2D eigenvalue weighted by atomic mass is 35.5. The monoisotopic (exact) mass is 438 g/mol. The largest absolute Gasteiger partial charge is 0.493 e. The average molecular weight is 439 g/mol. The predicted octanol–water partition coefficient (Wildman–Crippen LogP) is 7.32. The van der Waals surface area contributed by atoms with Crippen molar-refractivity contribution < 1.29 is 14.6 Å². The second kappa shape index (κ2) is 14.3. The van der Waals surface area contributed by atoms with E-state index in [-0.39, 0.29) is 40.2 Å². The maximum atomic E-state index is 9.49. The van der Waals surface area contributed by atoms with Crippen molar-refractivity contribution in [2.45, 2.75) is 67.9 Å². The zero-order valence-corrected chi connectivity index (χ0v) is 17.5. The number of aliphatic hydroxyl groups is 1. The molecule has 0 amide bonds. The molecule has 0 aliphatic heterocycles. The van der Waals surface area contributed by atoms with Crippen LogP contribution in [0.2, 0.25) is 0 Å². The highest BCUT2D eigenvalue weighted by Crippen LogP contribution is 2.33. The SMILES string of the molecule is C.C.C.CC[C@@H](C)COc1ccc(C(C)(C)c2ccc(OC[C@H](O)CCl)cc2)cc1. The maximum Gasteiger partial charge on any atom is 0.119 e. The van der Waals surface area contributed by atoms with Gasteiger partial charge in [0.2, 0.25) is 0 Å². The lowest BCUT2D eigenvalue weighted by atomic mass is 9.78. The molecule has 4 heteroatoms. The van der Waals surface area contributed by atoms with Crippen LogP contribution in [0.25, 0.3) is 0 Å². The highest BCUT2D eigenvalue weighted by molar-refractivity contribution is 6.18. The van der Waals surface area contributed by atoms with Crippen LogP contribution in [0.1, 0.15) is 67.5 Å². The Hall–Kier alpha value is -1.71. The highest BCUT2D eigenvalue weighted by Gasteiger charge is 2.23. The van der Waals surface area contributed by atoms with Gasteiger partial charge in [-0.1, -0.05) is 80.7 Å². The Morgan fingerprint density at radius 1 is 0.833 bits per heavy atom. The maximum absolute atomic E-state index is 9.49. The second-order valence-corrected chi connectivity index (χ2v) is 7.93. The Balaban J connectivity index is 0. The fourth-order valence-corrected chi connectivity index (χ4v) is 2.78. The van der Waals surface area contributed by atoms with Crippen LogP contribution in [0.15, 0.2) is 48.5 Å². The van der Waals surface area contributed by atoms with E-state index in [1.165, 1.54) is 11.1 Å². The summed E-state index contributed by atoms with van der Waals surface area (Å²) in [5.41, 5.74) is 2.29. The van der Waals surface area contributed by atoms with Gasteiger partial charge in [-0.3, -0.25) is 0 Å². The third-order valence-electron chi connectivity index (χ3n) is 5.00. The molecular formula is C26H43ClO3. The molecule has 0 aromatic heterocycles. The van der Waals surface area contributed by atoms with Crippen LogP contribution in [0.3, 0.4) is 0 Å². The smallest absolute Gasteiger partial charge is 0.119 e. The molecule has 172 valence electrons. The number of alkyl halides is 1. The predicted molar refractivity (Wildman–Crippen MR) is 132 cm³/mol. The second-order valence-electron chi connectivity index (χ2n) is 7.62. The molecule has 0 radical (unpaired) electrons. The van der Waals surface area contributed by atoms with Gasteiger partial charge in [-0.05, 0) is 41.3 Å². The number of rotatable bonds is 10. The molecule has 3 nitrogen and oxygen atoms in total. The van der Waals surface area contributed by atoms with E-state index >= 15 is 0 Å². The Morgan fingerprint density at radius 3 is 1.60 bits per heavy atom. The lowest BCUT2D eigenvalue weighted by molar-refractivity contribution is 0.125. The quantitative estimate of drug-likeness (QED) is 0.394. The van der Waals surface area contributed by atoms with Crippen molar-refractivity contribution in [2.24, 2.45) is 5.92 Å². The lowest BCUT2D eigenvalue weighted by Crippen LogP contribution is -2.20. The van der Waals surface area contributed by atoms with Gasteiger partial charge < -0.3 is 14.6 Å². The summed E-state index contributed by atoms with van der Waals surface area (Å²) in [4.78, 5) is 0. The first-order chi connectivity index (χ1) is 12.9.